The molecule has 2 aliphatic heterocycles. The van der Waals surface area contributed by atoms with Gasteiger partial charge in [-0.1, -0.05) is 24.3 Å². The Kier molecular flexibility index (Phi) is 4.29. The van der Waals surface area contributed by atoms with E-state index in [4.69, 9.17) is 0 Å². The molecule has 0 amide bonds. The van der Waals surface area contributed by atoms with Gasteiger partial charge in [-0.25, -0.2) is 0 Å². The van der Waals surface area contributed by atoms with E-state index >= 15 is 0 Å². The normalized spacial score (nSPS) is 18.5. The Hall–Kier alpha value is -1.44. The van der Waals surface area contributed by atoms with Crippen LogP contribution in [0.15, 0.2) is 48.9 Å². The summed E-state index contributed by atoms with van der Waals surface area (Å²) in [7, 11) is 0. The summed E-state index contributed by atoms with van der Waals surface area (Å²) in [5, 5.41) is 0. The minimum absolute atomic E-state index is 1.07. The van der Waals surface area contributed by atoms with Gasteiger partial charge in [0.25, 0.3) is 0 Å². The maximum Gasteiger partial charge on any atom is 0.0357 e. The van der Waals surface area contributed by atoms with Crippen LogP contribution in [-0.2, 0) is 0 Å². The second kappa shape index (κ2) is 6.21. The molecule has 2 heterocycles. The predicted octanol–water partition coefficient (Wildman–Crippen LogP) is 2.54. The fourth-order valence-corrected chi connectivity index (χ4v) is 1.98. The van der Waals surface area contributed by atoms with Crippen molar-refractivity contribution < 1.29 is 0 Å². The van der Waals surface area contributed by atoms with E-state index in [2.05, 4.69) is 58.7 Å². The summed E-state index contributed by atoms with van der Waals surface area (Å²) in [5.74, 6) is 0. The van der Waals surface area contributed by atoms with Crippen LogP contribution in [-0.4, -0.2) is 36.0 Å². The Bertz CT molecular complexity index is 281. The van der Waals surface area contributed by atoms with Gasteiger partial charge in [0.1, 0.15) is 0 Å². The van der Waals surface area contributed by atoms with Crippen molar-refractivity contribution in [2.75, 3.05) is 26.2 Å². The Morgan fingerprint density at radius 2 is 1.19 bits per heavy atom. The van der Waals surface area contributed by atoms with Gasteiger partial charge in [-0.3, -0.25) is 0 Å². The van der Waals surface area contributed by atoms with Crippen molar-refractivity contribution in [3.8, 4) is 0 Å². The second-order valence-corrected chi connectivity index (χ2v) is 4.24. The smallest absolute Gasteiger partial charge is 0.0357 e. The van der Waals surface area contributed by atoms with Crippen LogP contribution in [0.1, 0.15) is 12.8 Å². The molecule has 2 aliphatic rings. The number of hydrogen-bond acceptors (Lipinski definition) is 2. The van der Waals surface area contributed by atoms with Crippen LogP contribution in [0.25, 0.3) is 0 Å². The summed E-state index contributed by atoms with van der Waals surface area (Å²) in [4.78, 5) is 4.73. The Morgan fingerprint density at radius 3 is 1.56 bits per heavy atom. The molecule has 0 spiro atoms. The van der Waals surface area contributed by atoms with Crippen LogP contribution in [0, 0.1) is 0 Å². The van der Waals surface area contributed by atoms with Crippen molar-refractivity contribution >= 4 is 0 Å². The van der Waals surface area contributed by atoms with Crippen molar-refractivity contribution in [3.05, 3.63) is 48.9 Å². The zero-order valence-electron chi connectivity index (χ0n) is 9.76. The molecule has 0 aromatic carbocycles. The van der Waals surface area contributed by atoms with E-state index in [1.54, 1.807) is 0 Å². The largest absolute Gasteiger partial charge is 0.374 e. The van der Waals surface area contributed by atoms with Crippen molar-refractivity contribution in [3.63, 3.8) is 0 Å². The quantitative estimate of drug-likeness (QED) is 0.652. The third kappa shape index (κ3) is 3.61. The van der Waals surface area contributed by atoms with Gasteiger partial charge in [0.15, 0.2) is 0 Å². The first-order valence-electron chi connectivity index (χ1n) is 6.10. The van der Waals surface area contributed by atoms with E-state index in [0.29, 0.717) is 0 Å². The van der Waals surface area contributed by atoms with Gasteiger partial charge >= 0.3 is 0 Å². The number of nitrogens with zero attached hydrogens (tertiary/aromatic N) is 2. The van der Waals surface area contributed by atoms with Crippen LogP contribution in [0.3, 0.4) is 0 Å². The van der Waals surface area contributed by atoms with Crippen molar-refractivity contribution in [2.24, 2.45) is 0 Å². The average molecular weight is 216 g/mol. The minimum atomic E-state index is 1.07. The predicted molar refractivity (Wildman–Crippen MR) is 68.9 cm³/mol. The lowest BCUT2D eigenvalue weighted by Crippen LogP contribution is -2.23. The molecule has 0 aliphatic carbocycles. The zero-order chi connectivity index (χ0) is 11.1. The Morgan fingerprint density at radius 1 is 0.688 bits per heavy atom. The van der Waals surface area contributed by atoms with E-state index in [1.165, 1.54) is 25.9 Å². The van der Waals surface area contributed by atoms with E-state index < -0.39 is 0 Å². The van der Waals surface area contributed by atoms with Gasteiger partial charge in [-0.05, 0) is 37.4 Å². The summed E-state index contributed by atoms with van der Waals surface area (Å²) >= 11 is 0. The molecule has 2 rings (SSSR count). The second-order valence-electron chi connectivity index (χ2n) is 4.24. The molecule has 0 saturated heterocycles. The van der Waals surface area contributed by atoms with Crippen molar-refractivity contribution in [1.82, 2.24) is 9.80 Å². The molecule has 0 aromatic heterocycles. The van der Waals surface area contributed by atoms with Gasteiger partial charge in [-0.2, -0.15) is 0 Å². The third-order valence-electron chi connectivity index (χ3n) is 2.91. The highest BCUT2D eigenvalue weighted by molar-refractivity contribution is 5.09. The molecule has 0 bridgehead atoms. The molecule has 2 nitrogen and oxygen atoms in total. The maximum atomic E-state index is 2.37. The fourth-order valence-electron chi connectivity index (χ4n) is 1.98. The molecule has 0 aromatic rings. The highest BCUT2D eigenvalue weighted by Gasteiger charge is 2.01. The van der Waals surface area contributed by atoms with Crippen molar-refractivity contribution in [2.45, 2.75) is 12.8 Å². The maximum absolute atomic E-state index is 2.37. The number of allylic oxidation sites excluding steroid dienone is 4. The minimum Gasteiger partial charge on any atom is -0.374 e. The van der Waals surface area contributed by atoms with Crippen LogP contribution in [0.5, 0.6) is 0 Å². The van der Waals surface area contributed by atoms with E-state index in [1.807, 2.05) is 0 Å². The van der Waals surface area contributed by atoms with Gasteiger partial charge in [0.2, 0.25) is 0 Å². The molecule has 0 saturated carbocycles. The molecule has 0 unspecified atom stereocenters. The Labute approximate surface area is 98.2 Å². The number of hydrogen-bond donors (Lipinski definition) is 0. The highest BCUT2D eigenvalue weighted by atomic mass is 15.1. The first kappa shape index (κ1) is 11.1. The third-order valence-corrected chi connectivity index (χ3v) is 2.91. The van der Waals surface area contributed by atoms with Crippen LogP contribution in [0.4, 0.5) is 0 Å². The van der Waals surface area contributed by atoms with Crippen LogP contribution < -0.4 is 0 Å². The lowest BCUT2D eigenvalue weighted by molar-refractivity contribution is 0.357. The molecule has 0 fully saturated rings. The van der Waals surface area contributed by atoms with Gasteiger partial charge < -0.3 is 9.80 Å². The van der Waals surface area contributed by atoms with E-state index in [0.717, 1.165) is 13.1 Å². The van der Waals surface area contributed by atoms with Gasteiger partial charge in [0, 0.05) is 26.2 Å². The van der Waals surface area contributed by atoms with Crippen LogP contribution >= 0.6 is 0 Å². The van der Waals surface area contributed by atoms with E-state index in [9.17, 15) is 0 Å². The molecule has 16 heavy (non-hydrogen) atoms. The van der Waals surface area contributed by atoms with Gasteiger partial charge in [0.05, 0.1) is 0 Å². The van der Waals surface area contributed by atoms with E-state index in [-0.39, 0.29) is 0 Å². The first-order chi connectivity index (χ1) is 7.95. The molecule has 0 atom stereocenters. The zero-order valence-corrected chi connectivity index (χ0v) is 9.76. The standard InChI is InChI=1S/C14H20N2/c1-3-9-15(10-4-1)13-7-8-14-16-11-5-2-6-12-16/h1-6,9,11H,7-8,10,12-14H2. The summed E-state index contributed by atoms with van der Waals surface area (Å²) in [6, 6.07) is 0. The lowest BCUT2D eigenvalue weighted by Gasteiger charge is -2.23. The summed E-state index contributed by atoms with van der Waals surface area (Å²) in [5.41, 5.74) is 0. The lowest BCUT2D eigenvalue weighted by atomic mass is 10.2. The molecule has 86 valence electrons. The number of rotatable bonds is 5. The summed E-state index contributed by atoms with van der Waals surface area (Å²) in [6.45, 7) is 4.49. The molecule has 0 N–H and O–H groups in total. The summed E-state index contributed by atoms with van der Waals surface area (Å²) in [6.07, 6.45) is 19.8. The molecular formula is C14H20N2. The SMILES string of the molecule is C1=CCN(CCCCN2C=CC=CC2)C=C1. The van der Waals surface area contributed by atoms with Gasteiger partial charge in [-0.15, -0.1) is 0 Å². The van der Waals surface area contributed by atoms with Crippen molar-refractivity contribution in [1.29, 1.82) is 0 Å². The monoisotopic (exact) mass is 216 g/mol. The fraction of sp³-hybridized carbons (Fsp3) is 0.429. The molecule has 0 radical (unpaired) electrons. The molecule has 2 heteroatoms. The highest BCUT2D eigenvalue weighted by Crippen LogP contribution is 2.04. The summed E-state index contributed by atoms with van der Waals surface area (Å²) < 4.78 is 0. The van der Waals surface area contributed by atoms with Crippen LogP contribution in [0.2, 0.25) is 0 Å². The number of unbranched alkanes of at least 4 members (excludes halogenated alkanes) is 1. The Balaban J connectivity index is 1.55. The average Bonchev–Trinajstić information content (AvgIpc) is 2.37. The molecular weight excluding hydrogens is 196 g/mol. The first-order valence-corrected chi connectivity index (χ1v) is 6.10. The topological polar surface area (TPSA) is 6.48 Å².